The van der Waals surface area contributed by atoms with E-state index in [9.17, 15) is 18.0 Å². The molecule has 0 saturated carbocycles. The first-order valence-electron chi connectivity index (χ1n) is 12.3. The Labute approximate surface area is 221 Å². The second kappa shape index (κ2) is 12.0. The first kappa shape index (κ1) is 27.0. The smallest absolute Gasteiger partial charge is 0.309 e. The number of ether oxygens (including phenoxy) is 1. The van der Waals surface area contributed by atoms with Crippen LogP contribution in [-0.4, -0.2) is 55.7 Å². The summed E-state index contributed by atoms with van der Waals surface area (Å²) in [4.78, 5) is 33.0. The van der Waals surface area contributed by atoms with Crippen molar-refractivity contribution in [2.24, 2.45) is 5.92 Å². The molecule has 1 saturated heterocycles. The number of piperidine rings is 1. The largest absolute Gasteiger partial charge is 0.466 e. The van der Waals surface area contributed by atoms with E-state index in [0.29, 0.717) is 31.6 Å². The number of nitrogens with zero attached hydrogens (tertiary/aromatic N) is 3. The number of pyridine rings is 1. The first-order valence-corrected chi connectivity index (χ1v) is 14.6. The SMILES string of the molecule is CCOC(=O)C1CCN(S(=O)(=O)c2cccc(C(=O)CN(Cc3cccs3)c3ncccc3C)c2)CC1. The number of ketones is 1. The number of sulfonamides is 1. The molecule has 0 N–H and O–H groups in total. The van der Waals surface area contributed by atoms with E-state index in [2.05, 4.69) is 4.98 Å². The summed E-state index contributed by atoms with van der Waals surface area (Å²) in [7, 11) is -3.80. The van der Waals surface area contributed by atoms with Crippen molar-refractivity contribution in [3.05, 3.63) is 76.1 Å². The lowest BCUT2D eigenvalue weighted by Gasteiger charge is -2.30. The molecule has 1 aliphatic heterocycles. The molecule has 4 rings (SSSR count). The maximum Gasteiger partial charge on any atom is 0.309 e. The summed E-state index contributed by atoms with van der Waals surface area (Å²) in [6.07, 6.45) is 2.53. The molecule has 3 aromatic rings. The van der Waals surface area contributed by atoms with Crippen molar-refractivity contribution >= 4 is 38.9 Å². The molecule has 10 heteroatoms. The summed E-state index contributed by atoms with van der Waals surface area (Å²) < 4.78 is 33.1. The standard InChI is InChI=1S/C27H31N3O5S2/c1-3-35-27(32)21-11-14-30(15-12-21)37(33,34)24-10-4-8-22(17-24)25(31)19-29(18-23-9-6-16-36-23)26-20(2)7-5-13-28-26/h4-10,13,16-17,21H,3,11-12,14-15,18-19H2,1-2H3. The summed E-state index contributed by atoms with van der Waals surface area (Å²) in [5, 5.41) is 1.99. The lowest BCUT2D eigenvalue weighted by atomic mass is 9.98. The molecule has 1 aliphatic rings. The molecular weight excluding hydrogens is 510 g/mol. The highest BCUT2D eigenvalue weighted by Gasteiger charge is 2.33. The summed E-state index contributed by atoms with van der Waals surface area (Å²) >= 11 is 1.61. The Bertz CT molecular complexity index is 1330. The van der Waals surface area contributed by atoms with Crippen molar-refractivity contribution in [2.45, 2.75) is 38.1 Å². The number of Topliss-reactive ketones (excluding diaryl/α,β-unsaturated/α-hetero) is 1. The monoisotopic (exact) mass is 541 g/mol. The van der Waals surface area contributed by atoms with Crippen LogP contribution < -0.4 is 4.90 Å². The molecule has 1 fully saturated rings. The Morgan fingerprint density at radius 1 is 1.14 bits per heavy atom. The topological polar surface area (TPSA) is 96.9 Å². The van der Waals surface area contributed by atoms with Crippen molar-refractivity contribution in [2.75, 3.05) is 31.1 Å². The predicted molar refractivity (Wildman–Crippen MR) is 143 cm³/mol. The summed E-state index contributed by atoms with van der Waals surface area (Å²) in [5.74, 6) is -0.0387. The van der Waals surface area contributed by atoms with Gasteiger partial charge in [0.2, 0.25) is 10.0 Å². The first-order chi connectivity index (χ1) is 17.8. The van der Waals surface area contributed by atoms with Gasteiger partial charge in [-0.1, -0.05) is 24.3 Å². The van der Waals surface area contributed by atoms with Crippen LogP contribution in [0.5, 0.6) is 0 Å². The summed E-state index contributed by atoms with van der Waals surface area (Å²) in [6.45, 7) is 5.06. The highest BCUT2D eigenvalue weighted by atomic mass is 32.2. The van der Waals surface area contributed by atoms with E-state index in [4.69, 9.17) is 4.74 Å². The Morgan fingerprint density at radius 2 is 1.92 bits per heavy atom. The summed E-state index contributed by atoms with van der Waals surface area (Å²) in [5.41, 5.74) is 1.28. The highest BCUT2D eigenvalue weighted by molar-refractivity contribution is 7.89. The Morgan fingerprint density at radius 3 is 2.59 bits per heavy atom. The third-order valence-electron chi connectivity index (χ3n) is 6.41. The number of aryl methyl sites for hydroxylation is 1. The van der Waals surface area contributed by atoms with E-state index in [1.54, 1.807) is 36.6 Å². The van der Waals surface area contributed by atoms with E-state index < -0.39 is 10.0 Å². The Kier molecular flexibility index (Phi) is 8.73. The number of hydrogen-bond donors (Lipinski definition) is 0. The minimum absolute atomic E-state index is 0.0597. The molecule has 3 heterocycles. The van der Waals surface area contributed by atoms with E-state index in [0.717, 1.165) is 16.3 Å². The molecule has 0 spiro atoms. The van der Waals surface area contributed by atoms with Gasteiger partial charge in [-0.2, -0.15) is 4.31 Å². The zero-order valence-electron chi connectivity index (χ0n) is 21.0. The molecular formula is C27H31N3O5S2. The van der Waals surface area contributed by atoms with Gasteiger partial charge in [-0.3, -0.25) is 9.59 Å². The van der Waals surface area contributed by atoms with E-state index in [1.165, 1.54) is 16.4 Å². The van der Waals surface area contributed by atoms with Crippen molar-refractivity contribution in [3.8, 4) is 0 Å². The van der Waals surface area contributed by atoms with Gasteiger partial charge in [0.05, 0.1) is 30.5 Å². The molecule has 37 heavy (non-hydrogen) atoms. The third-order valence-corrected chi connectivity index (χ3v) is 9.17. The van der Waals surface area contributed by atoms with Crippen molar-refractivity contribution in [3.63, 3.8) is 0 Å². The van der Waals surface area contributed by atoms with Crippen molar-refractivity contribution in [1.82, 2.24) is 9.29 Å². The van der Waals surface area contributed by atoms with Gasteiger partial charge in [0.25, 0.3) is 0 Å². The zero-order chi connectivity index (χ0) is 26.4. The molecule has 0 unspecified atom stereocenters. The molecule has 0 bridgehead atoms. The van der Waals surface area contributed by atoms with Crippen LogP contribution in [0, 0.1) is 12.8 Å². The van der Waals surface area contributed by atoms with E-state index >= 15 is 0 Å². The second-order valence-electron chi connectivity index (χ2n) is 8.96. The van der Waals surface area contributed by atoms with Gasteiger partial charge in [-0.25, -0.2) is 13.4 Å². The molecule has 196 valence electrons. The molecule has 0 radical (unpaired) electrons. The van der Waals surface area contributed by atoms with Crippen LogP contribution in [0.1, 0.15) is 40.6 Å². The van der Waals surface area contributed by atoms with Gasteiger partial charge < -0.3 is 9.64 Å². The van der Waals surface area contributed by atoms with Crippen LogP contribution in [0.15, 0.2) is 65.0 Å². The van der Waals surface area contributed by atoms with E-state index in [-0.39, 0.29) is 42.2 Å². The Hall–Kier alpha value is -3.08. The van der Waals surface area contributed by atoms with E-state index in [1.807, 2.05) is 41.5 Å². The van der Waals surface area contributed by atoms with Crippen molar-refractivity contribution in [1.29, 1.82) is 0 Å². The van der Waals surface area contributed by atoms with Gasteiger partial charge in [-0.15, -0.1) is 11.3 Å². The number of carbonyl (C=O) groups excluding carboxylic acids is 2. The highest BCUT2D eigenvalue weighted by Crippen LogP contribution is 2.26. The van der Waals surface area contributed by atoms with Gasteiger partial charge in [-0.05, 0) is 61.9 Å². The third kappa shape index (κ3) is 6.44. The van der Waals surface area contributed by atoms with Gasteiger partial charge >= 0.3 is 5.97 Å². The second-order valence-corrected chi connectivity index (χ2v) is 11.9. The number of anilines is 1. The fourth-order valence-electron chi connectivity index (χ4n) is 4.44. The number of carbonyl (C=O) groups is 2. The van der Waals surface area contributed by atoms with Gasteiger partial charge in [0, 0.05) is 29.7 Å². The average Bonchev–Trinajstić information content (AvgIpc) is 3.42. The quantitative estimate of drug-likeness (QED) is 0.279. The maximum absolute atomic E-state index is 13.4. The number of thiophene rings is 1. The number of aromatic nitrogens is 1. The fourth-order valence-corrected chi connectivity index (χ4v) is 6.68. The van der Waals surface area contributed by atoms with Gasteiger partial charge in [0.1, 0.15) is 5.82 Å². The maximum atomic E-state index is 13.4. The molecule has 8 nitrogen and oxygen atoms in total. The summed E-state index contributed by atoms with van der Waals surface area (Å²) in [6, 6.07) is 14.0. The lowest BCUT2D eigenvalue weighted by molar-refractivity contribution is -0.149. The van der Waals surface area contributed by atoms with Crippen molar-refractivity contribution < 1.29 is 22.7 Å². The Balaban J connectivity index is 1.50. The lowest BCUT2D eigenvalue weighted by Crippen LogP contribution is -2.40. The normalized spacial score (nSPS) is 14.9. The van der Waals surface area contributed by atoms with Crippen LogP contribution in [-0.2, 0) is 26.1 Å². The number of benzene rings is 1. The van der Waals surface area contributed by atoms with Gasteiger partial charge in [0.15, 0.2) is 5.78 Å². The fraction of sp³-hybridized carbons (Fsp3) is 0.370. The predicted octanol–water partition coefficient (Wildman–Crippen LogP) is 4.30. The average molecular weight is 542 g/mol. The zero-order valence-corrected chi connectivity index (χ0v) is 22.6. The molecule has 0 amide bonds. The van der Waals surface area contributed by atoms with Crippen LogP contribution in [0.2, 0.25) is 0 Å². The minimum Gasteiger partial charge on any atom is -0.466 e. The van der Waals surface area contributed by atoms with Crippen LogP contribution in [0.25, 0.3) is 0 Å². The molecule has 0 atom stereocenters. The van der Waals surface area contributed by atoms with Crippen LogP contribution in [0.4, 0.5) is 5.82 Å². The minimum atomic E-state index is -3.80. The number of hydrogen-bond acceptors (Lipinski definition) is 8. The molecule has 2 aromatic heterocycles. The van der Waals surface area contributed by atoms with Crippen LogP contribution in [0.3, 0.4) is 0 Å². The number of rotatable bonds is 10. The number of esters is 1. The molecule has 1 aromatic carbocycles. The molecule has 0 aliphatic carbocycles. The van der Waals surface area contributed by atoms with Crippen LogP contribution >= 0.6 is 11.3 Å².